The Morgan fingerprint density at radius 1 is 1.00 bits per heavy atom. The molecule has 3 aromatic rings. The molecule has 1 aromatic heterocycles. The zero-order valence-electron chi connectivity index (χ0n) is 9.64. The highest BCUT2D eigenvalue weighted by molar-refractivity contribution is 5.77. The maximum absolute atomic E-state index is 12.9. The van der Waals surface area contributed by atoms with Crippen LogP contribution in [0.5, 0.6) is 0 Å². The fraction of sp³-hybridized carbons (Fsp3) is 0.0667. The van der Waals surface area contributed by atoms with Crippen molar-refractivity contribution in [3.05, 3.63) is 71.7 Å². The number of hydrogen-bond acceptors (Lipinski definition) is 2. The number of rotatable bonds is 2. The minimum absolute atomic E-state index is 0.268. The molecule has 3 heteroatoms. The van der Waals surface area contributed by atoms with E-state index in [4.69, 9.17) is 10.2 Å². The summed E-state index contributed by atoms with van der Waals surface area (Å²) in [5.41, 5.74) is 7.75. The fourth-order valence-electron chi connectivity index (χ4n) is 1.99. The standard InChI is InChI=1S/C15H12FNO/c16-12-7-5-10(6-8-12)15(17)14-9-11-3-1-2-4-13(11)18-14/h1-9,15H,17H2. The lowest BCUT2D eigenvalue weighted by atomic mass is 10.1. The van der Waals surface area contributed by atoms with E-state index in [0.717, 1.165) is 16.5 Å². The molecule has 18 heavy (non-hydrogen) atoms. The molecule has 1 atom stereocenters. The van der Waals surface area contributed by atoms with Gasteiger partial charge in [-0.2, -0.15) is 0 Å². The van der Waals surface area contributed by atoms with Crippen LogP contribution >= 0.6 is 0 Å². The highest BCUT2D eigenvalue weighted by Crippen LogP contribution is 2.26. The summed E-state index contributed by atoms with van der Waals surface area (Å²) in [4.78, 5) is 0. The topological polar surface area (TPSA) is 39.2 Å². The summed E-state index contributed by atoms with van der Waals surface area (Å²) in [5, 5.41) is 1.02. The van der Waals surface area contributed by atoms with Gasteiger partial charge >= 0.3 is 0 Å². The van der Waals surface area contributed by atoms with E-state index in [-0.39, 0.29) is 11.9 Å². The number of hydrogen-bond donors (Lipinski definition) is 1. The predicted molar refractivity (Wildman–Crippen MR) is 68.6 cm³/mol. The van der Waals surface area contributed by atoms with Crippen LogP contribution in [0.2, 0.25) is 0 Å². The van der Waals surface area contributed by atoms with Gasteiger partial charge in [0.1, 0.15) is 17.2 Å². The summed E-state index contributed by atoms with van der Waals surface area (Å²) >= 11 is 0. The molecule has 0 fully saturated rings. The Hall–Kier alpha value is -2.13. The van der Waals surface area contributed by atoms with Crippen LogP contribution in [-0.4, -0.2) is 0 Å². The van der Waals surface area contributed by atoms with Crippen molar-refractivity contribution in [2.24, 2.45) is 5.73 Å². The minimum Gasteiger partial charge on any atom is -0.459 e. The van der Waals surface area contributed by atoms with Crippen molar-refractivity contribution in [2.75, 3.05) is 0 Å². The summed E-state index contributed by atoms with van der Waals surface area (Å²) in [6, 6.07) is 15.4. The molecule has 0 saturated heterocycles. The molecule has 1 heterocycles. The third kappa shape index (κ3) is 1.89. The summed E-state index contributed by atoms with van der Waals surface area (Å²) in [7, 11) is 0. The molecule has 0 aliphatic carbocycles. The van der Waals surface area contributed by atoms with E-state index in [1.54, 1.807) is 12.1 Å². The van der Waals surface area contributed by atoms with E-state index in [1.807, 2.05) is 30.3 Å². The third-order valence-corrected chi connectivity index (χ3v) is 2.98. The van der Waals surface area contributed by atoms with Crippen molar-refractivity contribution in [1.29, 1.82) is 0 Å². The molecule has 2 N–H and O–H groups in total. The SMILES string of the molecule is NC(c1ccc(F)cc1)c1cc2ccccc2o1. The molecular weight excluding hydrogens is 229 g/mol. The maximum Gasteiger partial charge on any atom is 0.134 e. The fourth-order valence-corrected chi connectivity index (χ4v) is 1.99. The minimum atomic E-state index is -0.377. The highest BCUT2D eigenvalue weighted by Gasteiger charge is 2.13. The van der Waals surface area contributed by atoms with Gasteiger partial charge in [-0.1, -0.05) is 30.3 Å². The van der Waals surface area contributed by atoms with E-state index >= 15 is 0 Å². The van der Waals surface area contributed by atoms with Crippen LogP contribution in [-0.2, 0) is 0 Å². The lowest BCUT2D eigenvalue weighted by Crippen LogP contribution is -2.10. The van der Waals surface area contributed by atoms with Gasteiger partial charge in [-0.05, 0) is 29.8 Å². The van der Waals surface area contributed by atoms with Gasteiger partial charge in [0.15, 0.2) is 0 Å². The van der Waals surface area contributed by atoms with Crippen molar-refractivity contribution < 1.29 is 8.81 Å². The van der Waals surface area contributed by atoms with E-state index in [2.05, 4.69) is 0 Å². The first-order chi connectivity index (χ1) is 8.74. The summed E-state index contributed by atoms with van der Waals surface area (Å²) in [5.74, 6) is 0.415. The average Bonchev–Trinajstić information content (AvgIpc) is 2.82. The second-order valence-corrected chi connectivity index (χ2v) is 4.22. The normalized spacial score (nSPS) is 12.8. The maximum atomic E-state index is 12.9. The van der Waals surface area contributed by atoms with Crippen LogP contribution < -0.4 is 5.73 Å². The van der Waals surface area contributed by atoms with Crippen molar-refractivity contribution in [1.82, 2.24) is 0 Å². The van der Waals surface area contributed by atoms with Crippen molar-refractivity contribution >= 4 is 11.0 Å². The van der Waals surface area contributed by atoms with E-state index in [0.29, 0.717) is 5.76 Å². The van der Waals surface area contributed by atoms with Crippen molar-refractivity contribution in [3.63, 3.8) is 0 Å². The van der Waals surface area contributed by atoms with Gasteiger partial charge in [0.05, 0.1) is 6.04 Å². The molecule has 2 aromatic carbocycles. The van der Waals surface area contributed by atoms with Gasteiger partial charge in [-0.25, -0.2) is 4.39 Å². The van der Waals surface area contributed by atoms with Crippen LogP contribution in [0.15, 0.2) is 59.0 Å². The van der Waals surface area contributed by atoms with Gasteiger partial charge < -0.3 is 10.2 Å². The first-order valence-corrected chi connectivity index (χ1v) is 5.73. The predicted octanol–water partition coefficient (Wildman–Crippen LogP) is 3.62. The second-order valence-electron chi connectivity index (χ2n) is 4.22. The third-order valence-electron chi connectivity index (χ3n) is 2.98. The van der Waals surface area contributed by atoms with Crippen LogP contribution in [0.4, 0.5) is 4.39 Å². The Morgan fingerprint density at radius 2 is 1.72 bits per heavy atom. The van der Waals surface area contributed by atoms with E-state index in [9.17, 15) is 4.39 Å². The summed E-state index contributed by atoms with van der Waals surface area (Å²) in [6.45, 7) is 0. The molecule has 3 rings (SSSR count). The molecule has 0 aliphatic heterocycles. The number of para-hydroxylation sites is 1. The largest absolute Gasteiger partial charge is 0.459 e. The monoisotopic (exact) mass is 241 g/mol. The Balaban J connectivity index is 2.00. The van der Waals surface area contributed by atoms with Crippen molar-refractivity contribution in [3.8, 4) is 0 Å². The van der Waals surface area contributed by atoms with E-state index < -0.39 is 0 Å². The molecule has 0 amide bonds. The molecule has 0 radical (unpaired) electrons. The number of halogens is 1. The quantitative estimate of drug-likeness (QED) is 0.744. The second kappa shape index (κ2) is 4.27. The zero-order chi connectivity index (χ0) is 12.5. The lowest BCUT2D eigenvalue weighted by molar-refractivity contribution is 0.524. The van der Waals surface area contributed by atoms with E-state index in [1.165, 1.54) is 12.1 Å². The smallest absolute Gasteiger partial charge is 0.134 e. The number of fused-ring (bicyclic) bond motifs is 1. The van der Waals surface area contributed by atoms with Crippen LogP contribution in [0.3, 0.4) is 0 Å². The number of furan rings is 1. The molecule has 0 saturated carbocycles. The summed E-state index contributed by atoms with van der Waals surface area (Å²) < 4.78 is 18.6. The van der Waals surface area contributed by atoms with Gasteiger partial charge in [-0.15, -0.1) is 0 Å². The summed E-state index contributed by atoms with van der Waals surface area (Å²) in [6.07, 6.45) is 0. The Morgan fingerprint density at radius 3 is 2.44 bits per heavy atom. The number of benzene rings is 2. The average molecular weight is 241 g/mol. The molecule has 0 bridgehead atoms. The highest BCUT2D eigenvalue weighted by atomic mass is 19.1. The van der Waals surface area contributed by atoms with Crippen LogP contribution in [0.1, 0.15) is 17.4 Å². The van der Waals surface area contributed by atoms with Gasteiger partial charge in [-0.3, -0.25) is 0 Å². The first kappa shape index (κ1) is 11.0. The number of nitrogens with two attached hydrogens (primary N) is 1. The van der Waals surface area contributed by atoms with Crippen LogP contribution in [0, 0.1) is 5.82 Å². The van der Waals surface area contributed by atoms with Crippen molar-refractivity contribution in [2.45, 2.75) is 6.04 Å². The Bertz CT molecular complexity index is 639. The Labute approximate surface area is 104 Å². The van der Waals surface area contributed by atoms with Crippen LogP contribution in [0.25, 0.3) is 11.0 Å². The zero-order valence-corrected chi connectivity index (χ0v) is 9.64. The molecule has 2 nitrogen and oxygen atoms in total. The van der Waals surface area contributed by atoms with Gasteiger partial charge in [0, 0.05) is 5.39 Å². The van der Waals surface area contributed by atoms with Gasteiger partial charge in [0.2, 0.25) is 0 Å². The first-order valence-electron chi connectivity index (χ1n) is 5.73. The molecule has 1 unspecified atom stereocenters. The molecule has 0 aliphatic rings. The molecular formula is C15H12FNO. The Kier molecular flexibility index (Phi) is 2.61. The van der Waals surface area contributed by atoms with Gasteiger partial charge in [0.25, 0.3) is 0 Å². The lowest BCUT2D eigenvalue weighted by Gasteiger charge is -2.08. The molecule has 90 valence electrons. The molecule has 0 spiro atoms.